The lowest BCUT2D eigenvalue weighted by atomic mass is 10.1. The summed E-state index contributed by atoms with van der Waals surface area (Å²) >= 11 is 0. The van der Waals surface area contributed by atoms with Crippen molar-refractivity contribution in [2.75, 3.05) is 11.5 Å². The third-order valence-electron chi connectivity index (χ3n) is 4.53. The maximum Gasteiger partial charge on any atom is 0.183 e. The zero-order valence-corrected chi connectivity index (χ0v) is 15.9. The van der Waals surface area contributed by atoms with E-state index in [9.17, 15) is 21.2 Å². The molecule has 0 bridgehead atoms. The van der Waals surface area contributed by atoms with Gasteiger partial charge in [-0.05, 0) is 36.8 Å². The number of rotatable bonds is 5. The van der Waals surface area contributed by atoms with Crippen molar-refractivity contribution in [3.63, 3.8) is 0 Å². The van der Waals surface area contributed by atoms with Crippen LogP contribution in [0.3, 0.4) is 0 Å². The topological polar surface area (TPSA) is 80.3 Å². The summed E-state index contributed by atoms with van der Waals surface area (Å²) in [5.41, 5.74) is 2.05. The predicted molar refractivity (Wildman–Crippen MR) is 97.8 cm³/mol. The Morgan fingerprint density at radius 1 is 1.04 bits per heavy atom. The van der Waals surface area contributed by atoms with Crippen LogP contribution < -0.4 is 5.32 Å². The normalized spacial score (nSPS) is 22.4. The molecule has 140 valence electrons. The number of hydrogen-bond donors (Lipinski definition) is 1. The molecule has 3 rings (SSSR count). The van der Waals surface area contributed by atoms with Crippen LogP contribution in [0.15, 0.2) is 53.4 Å². The van der Waals surface area contributed by atoms with E-state index >= 15 is 0 Å². The minimum atomic E-state index is -3.90. The van der Waals surface area contributed by atoms with E-state index in [1.54, 1.807) is 0 Å². The molecule has 0 amide bonds. The Bertz CT molecular complexity index is 984. The first-order valence-corrected chi connectivity index (χ1v) is 11.5. The van der Waals surface area contributed by atoms with Crippen molar-refractivity contribution >= 4 is 19.7 Å². The highest BCUT2D eigenvalue weighted by molar-refractivity contribution is 7.96. The third-order valence-corrected chi connectivity index (χ3v) is 8.70. The van der Waals surface area contributed by atoms with Gasteiger partial charge in [0, 0.05) is 12.6 Å². The number of sulfone groups is 2. The van der Waals surface area contributed by atoms with Crippen LogP contribution in [0.1, 0.15) is 11.1 Å². The van der Waals surface area contributed by atoms with Gasteiger partial charge in [-0.15, -0.1) is 0 Å². The van der Waals surface area contributed by atoms with E-state index in [-0.39, 0.29) is 10.6 Å². The second-order valence-corrected chi connectivity index (χ2v) is 10.9. The van der Waals surface area contributed by atoms with Crippen LogP contribution >= 0.6 is 0 Å². The molecule has 1 aliphatic heterocycles. The summed E-state index contributed by atoms with van der Waals surface area (Å²) in [5, 5.41) is 1.98. The summed E-state index contributed by atoms with van der Waals surface area (Å²) < 4.78 is 63.0. The Morgan fingerprint density at radius 2 is 1.65 bits per heavy atom. The SMILES string of the molecule is Cc1ccc(CN[C@H]2CS(=O)(=O)C[C@@H]2S(=O)(=O)c2ccc(F)cc2)cc1. The van der Waals surface area contributed by atoms with Crippen LogP contribution in [0.4, 0.5) is 4.39 Å². The maximum atomic E-state index is 13.1. The quantitative estimate of drug-likeness (QED) is 0.779. The van der Waals surface area contributed by atoms with Crippen molar-refractivity contribution in [1.29, 1.82) is 0 Å². The van der Waals surface area contributed by atoms with Crippen LogP contribution in [0.2, 0.25) is 0 Å². The van der Waals surface area contributed by atoms with Gasteiger partial charge in [-0.1, -0.05) is 29.8 Å². The molecule has 8 heteroatoms. The summed E-state index contributed by atoms with van der Waals surface area (Å²) in [7, 11) is -7.37. The van der Waals surface area contributed by atoms with Gasteiger partial charge in [0.25, 0.3) is 0 Å². The van der Waals surface area contributed by atoms with Gasteiger partial charge in [-0.25, -0.2) is 21.2 Å². The maximum absolute atomic E-state index is 13.1. The van der Waals surface area contributed by atoms with E-state index in [0.717, 1.165) is 23.3 Å². The largest absolute Gasteiger partial charge is 0.308 e. The summed E-state index contributed by atoms with van der Waals surface area (Å²) in [6, 6.07) is 11.5. The number of hydrogen-bond acceptors (Lipinski definition) is 5. The van der Waals surface area contributed by atoms with Crippen LogP contribution in [0, 0.1) is 12.7 Å². The molecule has 5 nitrogen and oxygen atoms in total. The van der Waals surface area contributed by atoms with Gasteiger partial charge in [-0.3, -0.25) is 0 Å². The van der Waals surface area contributed by atoms with Gasteiger partial charge in [0.2, 0.25) is 0 Å². The van der Waals surface area contributed by atoms with Crippen LogP contribution in [-0.4, -0.2) is 39.6 Å². The average Bonchev–Trinajstić information content (AvgIpc) is 2.90. The van der Waals surface area contributed by atoms with E-state index in [1.165, 1.54) is 12.1 Å². The number of nitrogens with one attached hydrogen (secondary N) is 1. The monoisotopic (exact) mass is 397 g/mol. The lowest BCUT2D eigenvalue weighted by molar-refractivity contribution is 0.526. The first kappa shape index (κ1) is 19.0. The van der Waals surface area contributed by atoms with E-state index in [4.69, 9.17) is 0 Å². The summed E-state index contributed by atoms with van der Waals surface area (Å²) in [6.45, 7) is 2.34. The summed E-state index contributed by atoms with van der Waals surface area (Å²) in [6.07, 6.45) is 0. The van der Waals surface area contributed by atoms with Crippen LogP contribution in [-0.2, 0) is 26.2 Å². The fraction of sp³-hybridized carbons (Fsp3) is 0.333. The Morgan fingerprint density at radius 3 is 2.27 bits per heavy atom. The first-order chi connectivity index (χ1) is 12.2. The molecule has 26 heavy (non-hydrogen) atoms. The van der Waals surface area contributed by atoms with Gasteiger partial charge < -0.3 is 5.32 Å². The Labute approximate surface area is 153 Å². The molecule has 0 unspecified atom stereocenters. The molecule has 0 radical (unpaired) electrons. The molecule has 2 aromatic rings. The second kappa shape index (κ2) is 7.09. The highest BCUT2D eigenvalue weighted by Crippen LogP contribution is 2.26. The first-order valence-electron chi connectivity index (χ1n) is 8.16. The fourth-order valence-corrected chi connectivity index (χ4v) is 7.78. The molecule has 1 saturated heterocycles. The molecule has 2 atom stereocenters. The van der Waals surface area contributed by atoms with Crippen molar-refractivity contribution < 1.29 is 21.2 Å². The fourth-order valence-electron chi connectivity index (χ4n) is 3.07. The van der Waals surface area contributed by atoms with Gasteiger partial charge in [0.05, 0.1) is 21.7 Å². The molecule has 1 heterocycles. The zero-order valence-electron chi connectivity index (χ0n) is 14.2. The number of aryl methyl sites for hydroxylation is 1. The Hall–Kier alpha value is -1.77. The van der Waals surface area contributed by atoms with Gasteiger partial charge in [-0.2, -0.15) is 0 Å². The second-order valence-electron chi connectivity index (χ2n) is 6.59. The molecule has 0 spiro atoms. The average molecular weight is 397 g/mol. The van der Waals surface area contributed by atoms with Gasteiger partial charge in [0.15, 0.2) is 19.7 Å². The zero-order chi connectivity index (χ0) is 18.9. The number of benzene rings is 2. The van der Waals surface area contributed by atoms with Crippen LogP contribution in [0.25, 0.3) is 0 Å². The minimum Gasteiger partial charge on any atom is -0.308 e. The lowest BCUT2D eigenvalue weighted by Gasteiger charge is -2.20. The standard InChI is InChI=1S/C18H20FNO4S2/c1-13-2-4-14(5-3-13)10-20-17-11-25(21,22)12-18(17)26(23,24)16-8-6-15(19)7-9-16/h2-9,17-18,20H,10-12H2,1H3/t17-,18-/m0/s1. The van der Waals surface area contributed by atoms with E-state index in [2.05, 4.69) is 5.32 Å². The Balaban J connectivity index is 1.83. The lowest BCUT2D eigenvalue weighted by Crippen LogP contribution is -2.43. The molecule has 2 aromatic carbocycles. The van der Waals surface area contributed by atoms with Gasteiger partial charge in [0.1, 0.15) is 5.82 Å². The Kier molecular flexibility index (Phi) is 5.18. The predicted octanol–water partition coefficient (Wildman–Crippen LogP) is 1.86. The molecule has 1 N–H and O–H groups in total. The van der Waals surface area contributed by atoms with Crippen molar-refractivity contribution in [2.45, 2.75) is 29.7 Å². The van der Waals surface area contributed by atoms with Crippen molar-refractivity contribution in [1.82, 2.24) is 5.32 Å². The molecule has 0 saturated carbocycles. The molecule has 0 aromatic heterocycles. The highest BCUT2D eigenvalue weighted by atomic mass is 32.2. The summed E-state index contributed by atoms with van der Waals surface area (Å²) in [5.74, 6) is -1.21. The van der Waals surface area contributed by atoms with Crippen molar-refractivity contribution in [3.05, 3.63) is 65.5 Å². The number of halogens is 1. The molecule has 0 aliphatic carbocycles. The van der Waals surface area contributed by atoms with Gasteiger partial charge >= 0.3 is 0 Å². The third kappa shape index (κ3) is 4.13. The molecular weight excluding hydrogens is 377 g/mol. The summed E-state index contributed by atoms with van der Waals surface area (Å²) in [4.78, 5) is -0.0665. The van der Waals surface area contributed by atoms with Crippen LogP contribution in [0.5, 0.6) is 0 Å². The van der Waals surface area contributed by atoms with Crippen molar-refractivity contribution in [3.8, 4) is 0 Å². The van der Waals surface area contributed by atoms with E-state index < -0.39 is 42.5 Å². The smallest absolute Gasteiger partial charge is 0.183 e. The molecule has 1 aliphatic rings. The van der Waals surface area contributed by atoms with Crippen molar-refractivity contribution in [2.24, 2.45) is 0 Å². The highest BCUT2D eigenvalue weighted by Gasteiger charge is 2.45. The minimum absolute atomic E-state index is 0.0665. The van der Waals surface area contributed by atoms with E-state index in [1.807, 2.05) is 31.2 Å². The molecular formula is C18H20FNO4S2. The molecule has 1 fully saturated rings. The van der Waals surface area contributed by atoms with E-state index in [0.29, 0.717) is 6.54 Å².